The lowest BCUT2D eigenvalue weighted by Crippen LogP contribution is -2.08. The Labute approximate surface area is 112 Å². The van der Waals surface area contributed by atoms with E-state index >= 15 is 0 Å². The fourth-order valence-corrected chi connectivity index (χ4v) is 3.38. The van der Waals surface area contributed by atoms with Crippen molar-refractivity contribution in [2.75, 3.05) is 0 Å². The first-order valence-electron chi connectivity index (χ1n) is 6.93. The zero-order valence-electron chi connectivity index (χ0n) is 10.7. The summed E-state index contributed by atoms with van der Waals surface area (Å²) in [5.74, 6) is 0. The number of benzene rings is 3. The van der Waals surface area contributed by atoms with Gasteiger partial charge in [0.2, 0.25) is 0 Å². The van der Waals surface area contributed by atoms with Crippen LogP contribution in [0.3, 0.4) is 0 Å². The summed E-state index contributed by atoms with van der Waals surface area (Å²) in [6.45, 7) is 0. The third kappa shape index (κ3) is 1.58. The number of rotatable bonds is 0. The van der Waals surface area contributed by atoms with Gasteiger partial charge in [0.25, 0.3) is 0 Å². The highest BCUT2D eigenvalue weighted by molar-refractivity contribution is 6.08. The van der Waals surface area contributed by atoms with Crippen LogP contribution < -0.4 is 0 Å². The van der Waals surface area contributed by atoms with E-state index < -0.39 is 6.10 Å². The molecule has 0 amide bonds. The highest BCUT2D eigenvalue weighted by Gasteiger charge is 2.21. The molecule has 93 valence electrons. The van der Waals surface area contributed by atoms with Gasteiger partial charge in [-0.25, -0.2) is 5.11 Å². The van der Waals surface area contributed by atoms with Gasteiger partial charge in [0.05, 0.1) is 0 Å². The van der Waals surface area contributed by atoms with Crippen molar-refractivity contribution in [2.45, 2.75) is 25.4 Å². The molecule has 1 atom stereocenters. The molecule has 1 aliphatic rings. The smallest absolute Gasteiger partial charge is 0.119 e. The summed E-state index contributed by atoms with van der Waals surface area (Å²) in [7, 11) is 0. The molecule has 1 unspecified atom stereocenters. The van der Waals surface area contributed by atoms with E-state index in [4.69, 9.17) is 0 Å². The van der Waals surface area contributed by atoms with Crippen LogP contribution in [0.25, 0.3) is 21.5 Å². The molecule has 0 N–H and O–H groups in total. The van der Waals surface area contributed by atoms with Crippen molar-refractivity contribution in [1.82, 2.24) is 0 Å². The second-order valence-electron chi connectivity index (χ2n) is 5.40. The molecule has 4 rings (SSSR count). The van der Waals surface area contributed by atoms with Gasteiger partial charge in [0, 0.05) is 0 Å². The van der Waals surface area contributed by atoms with Crippen LogP contribution >= 0.6 is 0 Å². The quantitative estimate of drug-likeness (QED) is 0.508. The topological polar surface area (TPSA) is 19.9 Å². The summed E-state index contributed by atoms with van der Waals surface area (Å²) in [4.78, 5) is 0. The van der Waals surface area contributed by atoms with Crippen molar-refractivity contribution in [1.29, 1.82) is 0 Å². The Morgan fingerprint density at radius 3 is 2.63 bits per heavy atom. The predicted octanol–water partition coefficient (Wildman–Crippen LogP) is 4.80. The second-order valence-corrected chi connectivity index (χ2v) is 5.40. The Balaban J connectivity index is 2.15. The fraction of sp³-hybridized carbons (Fsp3) is 0.222. The van der Waals surface area contributed by atoms with E-state index in [9.17, 15) is 5.11 Å². The Kier molecular flexibility index (Phi) is 2.36. The van der Waals surface area contributed by atoms with E-state index in [1.165, 1.54) is 21.7 Å². The molecule has 0 aliphatic heterocycles. The maximum absolute atomic E-state index is 12.3. The van der Waals surface area contributed by atoms with E-state index in [0.29, 0.717) is 0 Å². The highest BCUT2D eigenvalue weighted by atomic mass is 16.3. The summed E-state index contributed by atoms with van der Waals surface area (Å²) >= 11 is 0. The predicted molar refractivity (Wildman–Crippen MR) is 77.8 cm³/mol. The van der Waals surface area contributed by atoms with Crippen molar-refractivity contribution in [3.8, 4) is 0 Å². The van der Waals surface area contributed by atoms with E-state index in [2.05, 4.69) is 48.5 Å². The van der Waals surface area contributed by atoms with Crippen LogP contribution in [0.1, 0.15) is 30.1 Å². The van der Waals surface area contributed by atoms with Gasteiger partial charge in [0.1, 0.15) is 6.10 Å². The number of hydrogen-bond donors (Lipinski definition) is 0. The van der Waals surface area contributed by atoms with Crippen molar-refractivity contribution in [2.24, 2.45) is 0 Å². The molecule has 0 fully saturated rings. The Bertz CT molecular complexity index is 773. The van der Waals surface area contributed by atoms with Crippen LogP contribution in [-0.2, 0) is 11.5 Å². The average Bonchev–Trinajstić information content (AvgIpc) is 2.46. The standard InChI is InChI=1S/C18H15O/c19-17-7-3-5-13-9-10-15-14-6-2-1-4-12(14)8-11-16(15)18(13)17/h1-2,4,6,8-11,17H,3,5,7H2. The van der Waals surface area contributed by atoms with Gasteiger partial charge in [-0.2, -0.15) is 0 Å². The van der Waals surface area contributed by atoms with Gasteiger partial charge in [-0.3, -0.25) is 0 Å². The molecule has 0 heterocycles. The average molecular weight is 247 g/mol. The fourth-order valence-electron chi connectivity index (χ4n) is 3.38. The summed E-state index contributed by atoms with van der Waals surface area (Å²) in [6.07, 6.45) is 2.31. The highest BCUT2D eigenvalue weighted by Crippen LogP contribution is 2.37. The molecule has 1 aliphatic carbocycles. The van der Waals surface area contributed by atoms with Gasteiger partial charge in [-0.05, 0) is 51.9 Å². The van der Waals surface area contributed by atoms with Crippen LogP contribution in [0, 0.1) is 0 Å². The molecule has 19 heavy (non-hydrogen) atoms. The number of aryl methyl sites for hydroxylation is 1. The van der Waals surface area contributed by atoms with E-state index in [1.54, 1.807) is 0 Å². The Hall–Kier alpha value is -1.86. The van der Waals surface area contributed by atoms with Gasteiger partial charge in [-0.15, -0.1) is 0 Å². The summed E-state index contributed by atoms with van der Waals surface area (Å²) in [6, 6.07) is 17.0. The van der Waals surface area contributed by atoms with E-state index in [0.717, 1.165) is 30.2 Å². The molecule has 0 aromatic heterocycles. The minimum absolute atomic E-state index is 0.548. The Morgan fingerprint density at radius 1 is 0.842 bits per heavy atom. The lowest BCUT2D eigenvalue weighted by molar-refractivity contribution is 0.0748. The van der Waals surface area contributed by atoms with Gasteiger partial charge >= 0.3 is 0 Å². The first-order chi connectivity index (χ1) is 9.34. The van der Waals surface area contributed by atoms with Crippen LogP contribution in [0.4, 0.5) is 0 Å². The van der Waals surface area contributed by atoms with E-state index in [-0.39, 0.29) is 0 Å². The third-order valence-electron chi connectivity index (χ3n) is 4.29. The van der Waals surface area contributed by atoms with Crippen LogP contribution in [0.15, 0.2) is 48.5 Å². The molecule has 3 aromatic carbocycles. The van der Waals surface area contributed by atoms with Crippen LogP contribution in [0.5, 0.6) is 0 Å². The normalized spacial score (nSPS) is 18.7. The first-order valence-corrected chi connectivity index (χ1v) is 6.93. The maximum atomic E-state index is 12.3. The molecule has 0 saturated heterocycles. The molecule has 0 bridgehead atoms. The van der Waals surface area contributed by atoms with Gasteiger partial charge < -0.3 is 0 Å². The van der Waals surface area contributed by atoms with E-state index in [1.807, 2.05) is 0 Å². The first kappa shape index (κ1) is 11.0. The second kappa shape index (κ2) is 4.07. The summed E-state index contributed by atoms with van der Waals surface area (Å²) in [5.41, 5.74) is 2.31. The molecule has 3 aromatic rings. The van der Waals surface area contributed by atoms with Gasteiger partial charge in [0.15, 0.2) is 0 Å². The van der Waals surface area contributed by atoms with Gasteiger partial charge in [-0.1, -0.05) is 48.5 Å². The summed E-state index contributed by atoms with van der Waals surface area (Å²) < 4.78 is 0. The zero-order valence-corrected chi connectivity index (χ0v) is 10.7. The number of fused-ring (bicyclic) bond motifs is 5. The summed E-state index contributed by atoms with van der Waals surface area (Å²) in [5, 5.41) is 17.2. The van der Waals surface area contributed by atoms with Crippen molar-refractivity contribution < 1.29 is 5.11 Å². The maximum Gasteiger partial charge on any atom is 0.119 e. The number of hydrogen-bond acceptors (Lipinski definition) is 0. The van der Waals surface area contributed by atoms with Crippen LogP contribution in [-0.4, -0.2) is 0 Å². The minimum Gasteiger partial charge on any atom is -0.228 e. The molecule has 1 radical (unpaired) electrons. The van der Waals surface area contributed by atoms with Crippen molar-refractivity contribution in [3.05, 3.63) is 59.7 Å². The lowest BCUT2D eigenvalue weighted by Gasteiger charge is -2.22. The van der Waals surface area contributed by atoms with Crippen molar-refractivity contribution in [3.63, 3.8) is 0 Å². The largest absolute Gasteiger partial charge is 0.228 e. The lowest BCUT2D eigenvalue weighted by atomic mass is 9.85. The Morgan fingerprint density at radius 2 is 1.68 bits per heavy atom. The molecular formula is C18H15O. The third-order valence-corrected chi connectivity index (χ3v) is 4.29. The van der Waals surface area contributed by atoms with Crippen LogP contribution in [0.2, 0.25) is 0 Å². The molecule has 0 saturated carbocycles. The zero-order chi connectivity index (χ0) is 12.8. The molecule has 1 heteroatoms. The molecule has 0 spiro atoms. The molecular weight excluding hydrogens is 232 g/mol. The molecule has 1 nitrogen and oxygen atoms in total. The minimum atomic E-state index is -0.548. The van der Waals surface area contributed by atoms with Crippen molar-refractivity contribution >= 4 is 21.5 Å². The SMILES string of the molecule is [O]C1CCCc2ccc3c(ccc4ccccc43)c21. The monoisotopic (exact) mass is 247 g/mol.